The van der Waals surface area contributed by atoms with Crippen molar-refractivity contribution in [1.82, 2.24) is 20.2 Å². The van der Waals surface area contributed by atoms with Gasteiger partial charge in [-0.3, -0.25) is 0 Å². The van der Waals surface area contributed by atoms with Crippen LogP contribution in [0.2, 0.25) is 5.02 Å². The van der Waals surface area contributed by atoms with Gasteiger partial charge in [0.2, 0.25) is 0 Å². The number of nitrogens with one attached hydrogen (secondary N) is 2. The maximum atomic E-state index is 12.2. The number of likely N-dealkylation sites (tertiary alicyclic amines) is 1. The van der Waals surface area contributed by atoms with E-state index < -0.39 is 0 Å². The van der Waals surface area contributed by atoms with E-state index in [2.05, 4.69) is 20.6 Å². The third-order valence-electron chi connectivity index (χ3n) is 4.54. The number of rotatable bonds is 3. The molecule has 2 N–H and O–H groups in total. The molecule has 1 aliphatic rings. The fourth-order valence-corrected chi connectivity index (χ4v) is 3.32. The highest BCUT2D eigenvalue weighted by Crippen LogP contribution is 2.24. The molecule has 0 unspecified atom stereocenters. The van der Waals surface area contributed by atoms with Crippen LogP contribution in [-0.4, -0.2) is 46.1 Å². The third kappa shape index (κ3) is 4.75. The highest BCUT2D eigenvalue weighted by Gasteiger charge is 2.25. The predicted molar refractivity (Wildman–Crippen MR) is 106 cm³/mol. The van der Waals surface area contributed by atoms with Crippen LogP contribution < -0.4 is 10.6 Å². The molecule has 1 saturated heterocycles. The van der Waals surface area contributed by atoms with Crippen molar-refractivity contribution in [2.45, 2.75) is 39.2 Å². The van der Waals surface area contributed by atoms with E-state index in [1.165, 1.54) is 0 Å². The lowest BCUT2D eigenvalue weighted by molar-refractivity contribution is 0.165. The first kappa shape index (κ1) is 18.7. The average molecular weight is 376 g/mol. The Labute approximate surface area is 159 Å². The molecule has 2 amide bonds. The largest absolute Gasteiger partial charge is 0.369 e. The Morgan fingerprint density at radius 3 is 2.69 bits per heavy atom. The Bertz CT molecular complexity index is 781. The summed E-state index contributed by atoms with van der Waals surface area (Å²) in [5.74, 6) is 1.32. The molecule has 2 heterocycles. The van der Waals surface area contributed by atoms with Crippen molar-refractivity contribution in [1.29, 1.82) is 0 Å². The SMILES string of the molecule is CC(C)(C)NC(=O)N1CCC(CNc2ncnc3ccc(Cl)cc23)CC1. The molecule has 1 aliphatic heterocycles. The van der Waals surface area contributed by atoms with Crippen molar-refractivity contribution in [2.24, 2.45) is 5.92 Å². The Morgan fingerprint density at radius 1 is 1.27 bits per heavy atom. The molecular formula is C19H26ClN5O. The van der Waals surface area contributed by atoms with E-state index in [1.807, 2.05) is 43.9 Å². The number of urea groups is 1. The average Bonchev–Trinajstić information content (AvgIpc) is 2.59. The van der Waals surface area contributed by atoms with Crippen molar-refractivity contribution in [3.05, 3.63) is 29.5 Å². The maximum Gasteiger partial charge on any atom is 0.317 e. The minimum atomic E-state index is -0.204. The quantitative estimate of drug-likeness (QED) is 0.853. The molecule has 140 valence electrons. The number of hydrogen-bond acceptors (Lipinski definition) is 4. The molecule has 26 heavy (non-hydrogen) atoms. The molecule has 7 heteroatoms. The summed E-state index contributed by atoms with van der Waals surface area (Å²) in [4.78, 5) is 22.8. The van der Waals surface area contributed by atoms with Crippen LogP contribution in [0.1, 0.15) is 33.6 Å². The van der Waals surface area contributed by atoms with Crippen LogP contribution in [0.25, 0.3) is 10.9 Å². The fourth-order valence-electron chi connectivity index (χ4n) is 3.15. The molecule has 3 rings (SSSR count). The number of aromatic nitrogens is 2. The summed E-state index contributed by atoms with van der Waals surface area (Å²) in [5, 5.41) is 8.07. The van der Waals surface area contributed by atoms with Gasteiger partial charge in [-0.25, -0.2) is 14.8 Å². The second-order valence-corrected chi connectivity index (χ2v) is 8.31. The van der Waals surface area contributed by atoms with Gasteiger partial charge in [0.1, 0.15) is 12.1 Å². The number of piperidine rings is 1. The van der Waals surface area contributed by atoms with E-state index >= 15 is 0 Å². The first-order chi connectivity index (χ1) is 12.3. The number of amides is 2. The maximum absolute atomic E-state index is 12.2. The number of benzene rings is 1. The minimum Gasteiger partial charge on any atom is -0.369 e. The first-order valence-corrected chi connectivity index (χ1v) is 9.41. The molecule has 0 spiro atoms. The molecule has 6 nitrogen and oxygen atoms in total. The highest BCUT2D eigenvalue weighted by molar-refractivity contribution is 6.31. The van der Waals surface area contributed by atoms with Crippen molar-refractivity contribution < 1.29 is 4.79 Å². The lowest BCUT2D eigenvalue weighted by Crippen LogP contribution is -2.51. The summed E-state index contributed by atoms with van der Waals surface area (Å²) in [5.41, 5.74) is 0.672. The van der Waals surface area contributed by atoms with Crippen molar-refractivity contribution in [3.63, 3.8) is 0 Å². The first-order valence-electron chi connectivity index (χ1n) is 9.03. The van der Waals surface area contributed by atoms with Crippen LogP contribution in [0.15, 0.2) is 24.5 Å². The Balaban J connectivity index is 1.55. The van der Waals surface area contributed by atoms with Gasteiger partial charge < -0.3 is 15.5 Å². The molecule has 1 aromatic heterocycles. The molecule has 1 fully saturated rings. The van der Waals surface area contributed by atoms with Crippen LogP contribution in [0, 0.1) is 5.92 Å². The number of fused-ring (bicyclic) bond motifs is 1. The van der Waals surface area contributed by atoms with Crippen LogP contribution in [0.5, 0.6) is 0 Å². The van der Waals surface area contributed by atoms with Crippen molar-refractivity contribution in [2.75, 3.05) is 25.0 Å². The van der Waals surface area contributed by atoms with Crippen LogP contribution in [-0.2, 0) is 0 Å². The van der Waals surface area contributed by atoms with Gasteiger partial charge in [0, 0.05) is 35.6 Å². The van der Waals surface area contributed by atoms with E-state index in [1.54, 1.807) is 6.33 Å². The highest BCUT2D eigenvalue weighted by atomic mass is 35.5. The van der Waals surface area contributed by atoms with E-state index in [9.17, 15) is 4.79 Å². The summed E-state index contributed by atoms with van der Waals surface area (Å²) >= 11 is 6.10. The summed E-state index contributed by atoms with van der Waals surface area (Å²) in [6.45, 7) is 8.39. The van der Waals surface area contributed by atoms with Crippen LogP contribution in [0.3, 0.4) is 0 Å². The van der Waals surface area contributed by atoms with Gasteiger partial charge in [-0.15, -0.1) is 0 Å². The molecule has 0 aliphatic carbocycles. The molecule has 0 radical (unpaired) electrons. The number of hydrogen-bond donors (Lipinski definition) is 2. The predicted octanol–water partition coefficient (Wildman–Crippen LogP) is 3.92. The van der Waals surface area contributed by atoms with Gasteiger partial charge >= 0.3 is 6.03 Å². The number of anilines is 1. The van der Waals surface area contributed by atoms with E-state index in [0.717, 1.165) is 49.2 Å². The van der Waals surface area contributed by atoms with Gasteiger partial charge in [-0.2, -0.15) is 0 Å². The van der Waals surface area contributed by atoms with Crippen LogP contribution >= 0.6 is 11.6 Å². The van der Waals surface area contributed by atoms with Gasteiger partial charge in [-0.1, -0.05) is 11.6 Å². The molecule has 2 aromatic rings. The van der Waals surface area contributed by atoms with E-state index in [-0.39, 0.29) is 11.6 Å². The van der Waals surface area contributed by atoms with Crippen molar-refractivity contribution >= 4 is 34.4 Å². The molecule has 0 bridgehead atoms. The van der Waals surface area contributed by atoms with E-state index in [0.29, 0.717) is 10.9 Å². The minimum absolute atomic E-state index is 0.0281. The van der Waals surface area contributed by atoms with Gasteiger partial charge in [0.05, 0.1) is 5.52 Å². The monoisotopic (exact) mass is 375 g/mol. The molecule has 0 saturated carbocycles. The lowest BCUT2D eigenvalue weighted by atomic mass is 9.97. The third-order valence-corrected chi connectivity index (χ3v) is 4.77. The summed E-state index contributed by atoms with van der Waals surface area (Å²) in [6.07, 6.45) is 3.53. The lowest BCUT2D eigenvalue weighted by Gasteiger charge is -2.34. The zero-order chi connectivity index (χ0) is 18.7. The summed E-state index contributed by atoms with van der Waals surface area (Å²) in [6, 6.07) is 5.65. The normalized spacial score (nSPS) is 15.9. The fraction of sp³-hybridized carbons (Fsp3) is 0.526. The molecule has 1 aromatic carbocycles. The molecule has 0 atom stereocenters. The van der Waals surface area contributed by atoms with E-state index in [4.69, 9.17) is 11.6 Å². The van der Waals surface area contributed by atoms with Crippen LogP contribution in [0.4, 0.5) is 10.6 Å². The van der Waals surface area contributed by atoms with Crippen molar-refractivity contribution in [3.8, 4) is 0 Å². The Hall–Kier alpha value is -2.08. The number of nitrogens with zero attached hydrogens (tertiary/aromatic N) is 3. The number of halogens is 1. The van der Waals surface area contributed by atoms with Gasteiger partial charge in [0.15, 0.2) is 0 Å². The topological polar surface area (TPSA) is 70.2 Å². The molecular weight excluding hydrogens is 350 g/mol. The number of carbonyl (C=O) groups is 1. The zero-order valence-corrected chi connectivity index (χ0v) is 16.3. The standard InChI is InChI=1S/C19H26ClN5O/c1-19(2,3)24-18(26)25-8-6-13(7-9-25)11-21-17-15-10-14(20)4-5-16(15)22-12-23-17/h4-5,10,12-13H,6-9,11H2,1-3H3,(H,24,26)(H,21,22,23). The second-order valence-electron chi connectivity index (χ2n) is 7.88. The Morgan fingerprint density at radius 2 is 2.00 bits per heavy atom. The smallest absolute Gasteiger partial charge is 0.317 e. The summed E-state index contributed by atoms with van der Waals surface area (Å²) in [7, 11) is 0. The summed E-state index contributed by atoms with van der Waals surface area (Å²) < 4.78 is 0. The second kappa shape index (κ2) is 7.66. The Kier molecular flexibility index (Phi) is 5.51. The van der Waals surface area contributed by atoms with Gasteiger partial charge in [-0.05, 0) is 57.7 Å². The number of carbonyl (C=O) groups excluding carboxylic acids is 1. The zero-order valence-electron chi connectivity index (χ0n) is 15.6. The van der Waals surface area contributed by atoms with Gasteiger partial charge in [0.25, 0.3) is 0 Å².